The number of amides is 1. The molecule has 2 N–H and O–H groups in total. The second kappa shape index (κ2) is 8.88. The molecular weight excluding hydrogens is 360 g/mol. The van der Waals surface area contributed by atoms with E-state index in [-0.39, 0.29) is 12.5 Å². The molecule has 0 radical (unpaired) electrons. The van der Waals surface area contributed by atoms with Gasteiger partial charge in [0.05, 0.1) is 19.6 Å². The second-order valence-corrected chi connectivity index (χ2v) is 6.83. The van der Waals surface area contributed by atoms with E-state index in [0.29, 0.717) is 49.9 Å². The number of nitrogens with zero attached hydrogens (tertiary/aromatic N) is 3. The van der Waals surface area contributed by atoms with Gasteiger partial charge in [-0.05, 0) is 37.1 Å². The summed E-state index contributed by atoms with van der Waals surface area (Å²) in [6.07, 6.45) is 4.39. The molecule has 28 heavy (non-hydrogen) atoms. The first kappa shape index (κ1) is 19.9. The maximum Gasteiger partial charge on any atom is 0.228 e. The minimum atomic E-state index is -0.681. The topological polar surface area (TPSA) is 96.8 Å². The van der Waals surface area contributed by atoms with Crippen molar-refractivity contribution < 1.29 is 19.4 Å². The van der Waals surface area contributed by atoms with Gasteiger partial charge in [-0.15, -0.1) is 0 Å². The number of rotatable bonds is 8. The summed E-state index contributed by atoms with van der Waals surface area (Å²) in [7, 11) is 3.19. The second-order valence-electron chi connectivity index (χ2n) is 6.83. The van der Waals surface area contributed by atoms with Gasteiger partial charge in [-0.3, -0.25) is 4.79 Å². The lowest BCUT2D eigenvalue weighted by atomic mass is 9.82. The van der Waals surface area contributed by atoms with Gasteiger partial charge in [-0.25, -0.2) is 9.97 Å². The molecule has 1 aliphatic rings. The van der Waals surface area contributed by atoms with Crippen molar-refractivity contribution in [3.8, 4) is 11.5 Å². The zero-order chi connectivity index (χ0) is 20.0. The van der Waals surface area contributed by atoms with Crippen LogP contribution in [0.15, 0.2) is 36.7 Å². The number of nitrogens with one attached hydrogen (secondary N) is 1. The number of aliphatic hydroxyl groups is 1. The lowest BCUT2D eigenvalue weighted by Crippen LogP contribution is -2.43. The number of aromatic nitrogens is 2. The average molecular weight is 386 g/mol. The highest BCUT2D eigenvalue weighted by molar-refractivity contribution is 5.84. The molecule has 1 atom stereocenters. The first-order chi connectivity index (χ1) is 13.6. The van der Waals surface area contributed by atoms with Gasteiger partial charge in [0.25, 0.3) is 0 Å². The maximum absolute atomic E-state index is 13.1. The first-order valence-corrected chi connectivity index (χ1v) is 9.24. The maximum atomic E-state index is 13.1. The standard InChI is InChI=1S/C20H26N4O4/c1-27-16-4-5-17(28-2)15(12-16)13-23-18(26)20(7-11-25)6-10-24(14-20)19-21-8-3-9-22-19/h3-5,8-9,12,25H,6-7,10-11,13-14H2,1-2H3,(H,23,26). The summed E-state index contributed by atoms with van der Waals surface area (Å²) in [5.41, 5.74) is 0.149. The molecule has 1 saturated heterocycles. The Labute approximate surface area is 164 Å². The number of anilines is 1. The molecule has 3 rings (SSSR count). The Morgan fingerprint density at radius 3 is 2.75 bits per heavy atom. The van der Waals surface area contributed by atoms with Crippen molar-refractivity contribution in [2.75, 3.05) is 38.8 Å². The van der Waals surface area contributed by atoms with Gasteiger partial charge in [0.2, 0.25) is 11.9 Å². The normalized spacial score (nSPS) is 18.8. The fraction of sp³-hybridized carbons (Fsp3) is 0.450. The van der Waals surface area contributed by atoms with Crippen LogP contribution in [0.25, 0.3) is 0 Å². The third-order valence-corrected chi connectivity index (χ3v) is 5.19. The molecule has 1 aromatic carbocycles. The SMILES string of the molecule is COc1ccc(OC)c(CNC(=O)C2(CCO)CCN(c3ncccn3)C2)c1. The lowest BCUT2D eigenvalue weighted by Gasteiger charge is -2.27. The number of benzene rings is 1. The van der Waals surface area contributed by atoms with E-state index in [2.05, 4.69) is 15.3 Å². The fourth-order valence-electron chi connectivity index (χ4n) is 3.60. The van der Waals surface area contributed by atoms with Gasteiger partial charge >= 0.3 is 0 Å². The molecule has 150 valence electrons. The van der Waals surface area contributed by atoms with Gasteiger partial charge < -0.3 is 24.8 Å². The van der Waals surface area contributed by atoms with E-state index in [4.69, 9.17) is 9.47 Å². The summed E-state index contributed by atoms with van der Waals surface area (Å²) in [5, 5.41) is 12.6. The van der Waals surface area contributed by atoms with Gasteiger partial charge in [0.1, 0.15) is 11.5 Å². The van der Waals surface area contributed by atoms with Crippen LogP contribution in [0.4, 0.5) is 5.95 Å². The van der Waals surface area contributed by atoms with Crippen LogP contribution in [-0.4, -0.2) is 54.9 Å². The van der Waals surface area contributed by atoms with Crippen molar-refractivity contribution in [1.29, 1.82) is 0 Å². The summed E-state index contributed by atoms with van der Waals surface area (Å²) < 4.78 is 10.6. The molecular formula is C20H26N4O4. The molecule has 1 aromatic heterocycles. The summed E-state index contributed by atoms with van der Waals surface area (Å²) in [6.45, 7) is 1.40. The summed E-state index contributed by atoms with van der Waals surface area (Å²) in [6, 6.07) is 7.23. The number of carbonyl (C=O) groups is 1. The number of ether oxygens (including phenoxy) is 2. The lowest BCUT2D eigenvalue weighted by molar-refractivity contribution is -0.131. The minimum absolute atomic E-state index is 0.0562. The van der Waals surface area contributed by atoms with Crippen LogP contribution in [0.1, 0.15) is 18.4 Å². The number of aliphatic hydroxyl groups excluding tert-OH is 1. The number of carbonyl (C=O) groups excluding carboxylic acids is 1. The average Bonchev–Trinajstić information content (AvgIpc) is 3.18. The molecule has 8 nitrogen and oxygen atoms in total. The third-order valence-electron chi connectivity index (χ3n) is 5.19. The highest BCUT2D eigenvalue weighted by atomic mass is 16.5. The fourth-order valence-corrected chi connectivity index (χ4v) is 3.60. The number of hydrogen-bond acceptors (Lipinski definition) is 7. The van der Waals surface area contributed by atoms with E-state index in [1.807, 2.05) is 23.1 Å². The molecule has 0 spiro atoms. The van der Waals surface area contributed by atoms with E-state index in [1.165, 1.54) is 0 Å². The Balaban J connectivity index is 1.72. The Kier molecular flexibility index (Phi) is 6.30. The van der Waals surface area contributed by atoms with Crippen molar-refractivity contribution in [3.63, 3.8) is 0 Å². The zero-order valence-corrected chi connectivity index (χ0v) is 16.2. The number of methoxy groups -OCH3 is 2. The van der Waals surface area contributed by atoms with Crippen molar-refractivity contribution in [2.24, 2.45) is 5.41 Å². The van der Waals surface area contributed by atoms with E-state index < -0.39 is 5.41 Å². The van der Waals surface area contributed by atoms with Crippen molar-refractivity contribution in [3.05, 3.63) is 42.2 Å². The van der Waals surface area contributed by atoms with Gasteiger partial charge in [0.15, 0.2) is 0 Å². The van der Waals surface area contributed by atoms with Crippen LogP contribution in [0, 0.1) is 5.41 Å². The highest BCUT2D eigenvalue weighted by Crippen LogP contribution is 2.36. The monoisotopic (exact) mass is 386 g/mol. The van der Waals surface area contributed by atoms with E-state index >= 15 is 0 Å². The Morgan fingerprint density at radius 1 is 1.29 bits per heavy atom. The summed E-state index contributed by atoms with van der Waals surface area (Å²) in [5.74, 6) is 1.89. The van der Waals surface area contributed by atoms with Crippen LogP contribution in [0.2, 0.25) is 0 Å². The number of hydrogen-bond donors (Lipinski definition) is 2. The molecule has 2 heterocycles. The molecule has 2 aromatic rings. The smallest absolute Gasteiger partial charge is 0.228 e. The van der Waals surface area contributed by atoms with Crippen LogP contribution in [0.5, 0.6) is 11.5 Å². The predicted octanol–water partition coefficient (Wildman–Crippen LogP) is 1.39. The van der Waals surface area contributed by atoms with Gasteiger partial charge in [-0.2, -0.15) is 0 Å². The Bertz CT molecular complexity index is 802. The van der Waals surface area contributed by atoms with Gasteiger partial charge in [0, 0.05) is 44.2 Å². The largest absolute Gasteiger partial charge is 0.497 e. The quantitative estimate of drug-likeness (QED) is 0.708. The molecule has 1 amide bonds. The molecule has 1 fully saturated rings. The predicted molar refractivity (Wildman–Crippen MR) is 104 cm³/mol. The molecule has 1 unspecified atom stereocenters. The van der Waals surface area contributed by atoms with E-state index in [0.717, 1.165) is 5.56 Å². The Hall–Kier alpha value is -2.87. The molecule has 0 aliphatic carbocycles. The molecule has 1 aliphatic heterocycles. The van der Waals surface area contributed by atoms with Gasteiger partial charge in [-0.1, -0.05) is 0 Å². The van der Waals surface area contributed by atoms with Crippen LogP contribution < -0.4 is 19.7 Å². The summed E-state index contributed by atoms with van der Waals surface area (Å²) in [4.78, 5) is 23.6. The minimum Gasteiger partial charge on any atom is -0.497 e. The molecule has 0 saturated carbocycles. The molecule has 8 heteroatoms. The van der Waals surface area contributed by atoms with E-state index in [9.17, 15) is 9.90 Å². The zero-order valence-electron chi connectivity index (χ0n) is 16.2. The Morgan fingerprint density at radius 2 is 2.07 bits per heavy atom. The highest BCUT2D eigenvalue weighted by Gasteiger charge is 2.44. The van der Waals surface area contributed by atoms with Crippen molar-refractivity contribution in [1.82, 2.24) is 15.3 Å². The summed E-state index contributed by atoms with van der Waals surface area (Å²) >= 11 is 0. The molecule has 0 bridgehead atoms. The van der Waals surface area contributed by atoms with E-state index in [1.54, 1.807) is 32.7 Å². The van der Waals surface area contributed by atoms with Crippen LogP contribution in [-0.2, 0) is 11.3 Å². The van der Waals surface area contributed by atoms with Crippen LogP contribution in [0.3, 0.4) is 0 Å². The first-order valence-electron chi connectivity index (χ1n) is 9.24. The third kappa shape index (κ3) is 4.17. The van der Waals surface area contributed by atoms with Crippen molar-refractivity contribution in [2.45, 2.75) is 19.4 Å². The van der Waals surface area contributed by atoms with Crippen LogP contribution >= 0.6 is 0 Å². The van der Waals surface area contributed by atoms with Crippen molar-refractivity contribution >= 4 is 11.9 Å².